The van der Waals surface area contributed by atoms with Crippen LogP contribution in [0.5, 0.6) is 0 Å². The van der Waals surface area contributed by atoms with Gasteiger partial charge in [-0.2, -0.15) is 0 Å². The predicted octanol–water partition coefficient (Wildman–Crippen LogP) is 2.58. The lowest BCUT2D eigenvalue weighted by Gasteiger charge is -2.20. The molecule has 1 aliphatic rings. The third-order valence-electron chi connectivity index (χ3n) is 3.67. The number of benzene rings is 1. The number of nitrogens with one attached hydrogen (secondary N) is 1. The van der Waals surface area contributed by atoms with Gasteiger partial charge in [-0.1, -0.05) is 0 Å². The Hall–Kier alpha value is -3.17. The fourth-order valence-corrected chi connectivity index (χ4v) is 2.40. The standard InChI is InChI=1S/C16H14F3N5O2/c17-10-2-1-8(5-9(10)11-3-4-26-16(20)24-11)23-15(25)13-7-21-12(6-22-13)14(18)19/h1-2,5-7,11,14H,3-4H2,(H2,20,24)(H,23,25). The Kier molecular flexibility index (Phi) is 5.01. The van der Waals surface area contributed by atoms with Crippen molar-refractivity contribution in [2.75, 3.05) is 11.9 Å². The summed E-state index contributed by atoms with van der Waals surface area (Å²) in [4.78, 5) is 23.3. The van der Waals surface area contributed by atoms with Crippen LogP contribution >= 0.6 is 0 Å². The van der Waals surface area contributed by atoms with E-state index in [0.29, 0.717) is 18.7 Å². The van der Waals surface area contributed by atoms with Gasteiger partial charge in [-0.15, -0.1) is 0 Å². The highest BCUT2D eigenvalue weighted by molar-refractivity contribution is 6.02. The largest absolute Gasteiger partial charge is 0.465 e. The maximum absolute atomic E-state index is 14.1. The first-order valence-corrected chi connectivity index (χ1v) is 7.61. The summed E-state index contributed by atoms with van der Waals surface area (Å²) in [6, 6.07) is 3.44. The topological polar surface area (TPSA) is 102 Å². The number of nitrogens with zero attached hydrogens (tertiary/aromatic N) is 3. The minimum atomic E-state index is -2.77. The van der Waals surface area contributed by atoms with Crippen LogP contribution in [0.15, 0.2) is 35.6 Å². The summed E-state index contributed by atoms with van der Waals surface area (Å²) in [6.07, 6.45) is -0.554. The molecule has 0 bridgehead atoms. The van der Waals surface area contributed by atoms with Gasteiger partial charge in [0.25, 0.3) is 18.4 Å². The Morgan fingerprint density at radius 1 is 1.31 bits per heavy atom. The van der Waals surface area contributed by atoms with Crippen molar-refractivity contribution in [3.63, 3.8) is 0 Å². The van der Waals surface area contributed by atoms with E-state index in [1.54, 1.807) is 0 Å². The third kappa shape index (κ3) is 3.90. The van der Waals surface area contributed by atoms with Crippen LogP contribution < -0.4 is 11.1 Å². The lowest BCUT2D eigenvalue weighted by molar-refractivity contribution is 0.102. The van der Waals surface area contributed by atoms with Crippen molar-refractivity contribution in [1.82, 2.24) is 9.97 Å². The number of aromatic nitrogens is 2. The monoisotopic (exact) mass is 365 g/mol. The number of ether oxygens (including phenoxy) is 1. The van der Waals surface area contributed by atoms with E-state index in [1.165, 1.54) is 18.2 Å². The molecule has 1 atom stereocenters. The van der Waals surface area contributed by atoms with E-state index in [9.17, 15) is 18.0 Å². The highest BCUT2D eigenvalue weighted by atomic mass is 19.3. The van der Waals surface area contributed by atoms with Crippen LogP contribution in [0, 0.1) is 5.82 Å². The van der Waals surface area contributed by atoms with Gasteiger partial charge in [0, 0.05) is 17.7 Å². The van der Waals surface area contributed by atoms with Crippen molar-refractivity contribution in [3.05, 3.63) is 53.4 Å². The van der Waals surface area contributed by atoms with Gasteiger partial charge in [0.2, 0.25) is 0 Å². The second kappa shape index (κ2) is 7.38. The van der Waals surface area contributed by atoms with E-state index < -0.39 is 29.9 Å². The number of rotatable bonds is 4. The molecule has 0 radical (unpaired) electrons. The molecule has 1 aliphatic heterocycles. The maximum atomic E-state index is 14.1. The summed E-state index contributed by atoms with van der Waals surface area (Å²) in [5, 5.41) is 2.52. The number of amidine groups is 1. The van der Waals surface area contributed by atoms with Gasteiger partial charge in [-0.3, -0.25) is 9.78 Å². The quantitative estimate of drug-likeness (QED) is 0.867. The van der Waals surface area contributed by atoms with E-state index in [-0.39, 0.29) is 17.3 Å². The number of halogens is 3. The summed E-state index contributed by atoms with van der Waals surface area (Å²) >= 11 is 0. The number of hydrogen-bond donors (Lipinski definition) is 2. The van der Waals surface area contributed by atoms with Crippen LogP contribution in [0.4, 0.5) is 18.9 Å². The average molecular weight is 365 g/mol. The first-order valence-electron chi connectivity index (χ1n) is 7.61. The molecule has 26 heavy (non-hydrogen) atoms. The highest BCUT2D eigenvalue weighted by Gasteiger charge is 2.21. The smallest absolute Gasteiger partial charge is 0.282 e. The van der Waals surface area contributed by atoms with Crippen LogP contribution in [0.25, 0.3) is 0 Å². The second-order valence-corrected chi connectivity index (χ2v) is 5.44. The summed E-state index contributed by atoms with van der Waals surface area (Å²) in [5.74, 6) is -1.15. The van der Waals surface area contributed by atoms with Gasteiger partial charge in [-0.25, -0.2) is 23.1 Å². The zero-order valence-electron chi connectivity index (χ0n) is 13.3. The van der Waals surface area contributed by atoms with E-state index in [2.05, 4.69) is 20.3 Å². The second-order valence-electron chi connectivity index (χ2n) is 5.44. The number of carbonyl (C=O) groups is 1. The molecule has 3 rings (SSSR count). The maximum Gasteiger partial charge on any atom is 0.282 e. The number of amides is 1. The van der Waals surface area contributed by atoms with Crippen LogP contribution in [-0.4, -0.2) is 28.5 Å². The molecule has 0 aliphatic carbocycles. The van der Waals surface area contributed by atoms with Crippen LogP contribution in [0.2, 0.25) is 0 Å². The number of alkyl halides is 2. The molecule has 0 spiro atoms. The van der Waals surface area contributed by atoms with Gasteiger partial charge >= 0.3 is 0 Å². The molecule has 0 saturated carbocycles. The van der Waals surface area contributed by atoms with E-state index in [1.807, 2.05) is 0 Å². The zero-order chi connectivity index (χ0) is 18.7. The lowest BCUT2D eigenvalue weighted by atomic mass is 10.0. The molecular weight excluding hydrogens is 351 g/mol. The molecule has 2 heterocycles. The van der Waals surface area contributed by atoms with Crippen molar-refractivity contribution in [2.24, 2.45) is 10.7 Å². The molecule has 7 nitrogen and oxygen atoms in total. The number of aliphatic imine (C=N–C) groups is 1. The molecule has 1 unspecified atom stereocenters. The zero-order valence-corrected chi connectivity index (χ0v) is 13.3. The fourth-order valence-electron chi connectivity index (χ4n) is 2.40. The van der Waals surface area contributed by atoms with E-state index in [4.69, 9.17) is 10.5 Å². The Morgan fingerprint density at radius 3 is 2.77 bits per heavy atom. The van der Waals surface area contributed by atoms with Crippen molar-refractivity contribution >= 4 is 17.6 Å². The number of carbonyl (C=O) groups excluding carboxylic acids is 1. The Labute approximate surface area is 146 Å². The van der Waals surface area contributed by atoms with Crippen LogP contribution in [-0.2, 0) is 4.74 Å². The molecule has 1 aromatic carbocycles. The number of anilines is 1. The Morgan fingerprint density at radius 2 is 2.12 bits per heavy atom. The first-order chi connectivity index (χ1) is 12.4. The molecule has 1 aromatic heterocycles. The number of hydrogen-bond acceptors (Lipinski definition) is 6. The summed E-state index contributed by atoms with van der Waals surface area (Å²) in [7, 11) is 0. The van der Waals surface area contributed by atoms with Gasteiger partial charge < -0.3 is 15.8 Å². The predicted molar refractivity (Wildman–Crippen MR) is 86.3 cm³/mol. The molecule has 2 aromatic rings. The lowest BCUT2D eigenvalue weighted by Crippen LogP contribution is -2.24. The number of nitrogens with two attached hydrogens (primary N) is 1. The van der Waals surface area contributed by atoms with E-state index in [0.717, 1.165) is 12.4 Å². The molecular formula is C16H14F3N5O2. The average Bonchev–Trinajstić information content (AvgIpc) is 2.63. The molecule has 1 amide bonds. The SMILES string of the molecule is NC1=NC(c2cc(NC(=O)c3cnc(C(F)F)cn3)ccc2F)CCO1. The summed E-state index contributed by atoms with van der Waals surface area (Å²) < 4.78 is 44.1. The van der Waals surface area contributed by atoms with E-state index >= 15 is 0 Å². The van der Waals surface area contributed by atoms with Crippen molar-refractivity contribution in [3.8, 4) is 0 Å². The molecule has 10 heteroatoms. The minimum absolute atomic E-state index is 0.0236. The van der Waals surface area contributed by atoms with Gasteiger partial charge in [0.05, 0.1) is 25.0 Å². The van der Waals surface area contributed by atoms with Crippen LogP contribution in [0.1, 0.15) is 40.6 Å². The fraction of sp³-hybridized carbons (Fsp3) is 0.250. The minimum Gasteiger partial charge on any atom is -0.465 e. The van der Waals surface area contributed by atoms with Crippen molar-refractivity contribution < 1.29 is 22.7 Å². The molecule has 3 N–H and O–H groups in total. The Bertz CT molecular complexity index is 842. The van der Waals surface area contributed by atoms with Crippen molar-refractivity contribution in [2.45, 2.75) is 18.9 Å². The van der Waals surface area contributed by atoms with Crippen molar-refractivity contribution in [1.29, 1.82) is 0 Å². The molecule has 136 valence electrons. The van der Waals surface area contributed by atoms with Gasteiger partial charge in [-0.05, 0) is 18.2 Å². The first kappa shape index (κ1) is 17.6. The summed E-state index contributed by atoms with van der Waals surface area (Å²) in [6.45, 7) is 0.308. The molecule has 0 fully saturated rings. The van der Waals surface area contributed by atoms with Gasteiger partial charge in [0.15, 0.2) is 0 Å². The highest BCUT2D eigenvalue weighted by Crippen LogP contribution is 2.29. The third-order valence-corrected chi connectivity index (χ3v) is 3.67. The van der Waals surface area contributed by atoms with Crippen LogP contribution in [0.3, 0.4) is 0 Å². The Balaban J connectivity index is 1.78. The van der Waals surface area contributed by atoms with Gasteiger partial charge in [0.1, 0.15) is 17.2 Å². The normalized spacial score (nSPS) is 16.8. The molecule has 0 saturated heterocycles. The summed E-state index contributed by atoms with van der Waals surface area (Å²) in [5.41, 5.74) is 5.39.